The second kappa shape index (κ2) is 8.08. The fourth-order valence-corrected chi connectivity index (χ4v) is 3.23. The van der Waals surface area contributed by atoms with Crippen LogP contribution in [0.25, 0.3) is 0 Å². The van der Waals surface area contributed by atoms with Gasteiger partial charge in [0.25, 0.3) is 11.8 Å². The van der Waals surface area contributed by atoms with Crippen LogP contribution < -0.4 is 5.32 Å². The van der Waals surface area contributed by atoms with Gasteiger partial charge in [0, 0.05) is 42.3 Å². The Hall–Kier alpha value is -2.08. The molecule has 0 atom stereocenters. The minimum Gasteiger partial charge on any atom is -0.336 e. The Labute approximate surface area is 162 Å². The normalized spacial score (nSPS) is 15.0. The summed E-state index contributed by atoms with van der Waals surface area (Å²) in [6.07, 6.45) is 0. The van der Waals surface area contributed by atoms with Gasteiger partial charge < -0.3 is 15.1 Å². The number of nitrogens with one attached hydrogen (secondary N) is 1. The summed E-state index contributed by atoms with van der Waals surface area (Å²) in [5.41, 5.74) is 1.37. The molecule has 0 radical (unpaired) electrons. The van der Waals surface area contributed by atoms with Crippen LogP contribution in [0, 0.1) is 0 Å². The van der Waals surface area contributed by atoms with Crippen molar-refractivity contribution in [3.63, 3.8) is 0 Å². The van der Waals surface area contributed by atoms with Crippen molar-refractivity contribution in [3.8, 4) is 0 Å². The molecule has 0 bridgehead atoms. The molecule has 1 heterocycles. The number of amides is 2. The Balaban J connectivity index is 1.74. The van der Waals surface area contributed by atoms with Crippen LogP contribution >= 0.6 is 23.2 Å². The highest BCUT2D eigenvalue weighted by Gasteiger charge is 2.21. The first-order valence-corrected chi connectivity index (χ1v) is 9.04. The Morgan fingerprint density at radius 2 is 1.65 bits per heavy atom. The Morgan fingerprint density at radius 1 is 0.962 bits per heavy atom. The van der Waals surface area contributed by atoms with E-state index in [9.17, 15) is 9.59 Å². The van der Waals surface area contributed by atoms with Gasteiger partial charge in [-0.05, 0) is 43.4 Å². The van der Waals surface area contributed by atoms with E-state index in [4.69, 9.17) is 23.2 Å². The number of likely N-dealkylation sites (N-methyl/N-ethyl adjacent to an activating group) is 1. The Kier molecular flexibility index (Phi) is 5.81. The predicted octanol–water partition coefficient (Wildman–Crippen LogP) is 3.63. The molecular formula is C19H19Cl2N3O2. The molecule has 0 unspecified atom stereocenters. The fourth-order valence-electron chi connectivity index (χ4n) is 2.77. The van der Waals surface area contributed by atoms with Crippen LogP contribution in [0.5, 0.6) is 0 Å². The van der Waals surface area contributed by atoms with Gasteiger partial charge in [0.2, 0.25) is 0 Å². The number of anilines is 1. The molecule has 1 aliphatic heterocycles. The van der Waals surface area contributed by atoms with Crippen molar-refractivity contribution in [1.29, 1.82) is 0 Å². The average Bonchev–Trinajstić information content (AvgIpc) is 2.64. The van der Waals surface area contributed by atoms with E-state index in [1.165, 1.54) is 0 Å². The van der Waals surface area contributed by atoms with E-state index >= 15 is 0 Å². The maximum atomic E-state index is 12.7. The predicted molar refractivity (Wildman–Crippen MR) is 104 cm³/mol. The van der Waals surface area contributed by atoms with Gasteiger partial charge >= 0.3 is 0 Å². The first-order chi connectivity index (χ1) is 12.4. The summed E-state index contributed by atoms with van der Waals surface area (Å²) < 4.78 is 0. The second-order valence-corrected chi connectivity index (χ2v) is 7.10. The molecule has 136 valence electrons. The molecule has 1 fully saturated rings. The topological polar surface area (TPSA) is 52.7 Å². The Bertz CT molecular complexity index is 833. The third-order valence-corrected chi connectivity index (χ3v) is 4.89. The lowest BCUT2D eigenvalue weighted by molar-refractivity contribution is 0.0664. The van der Waals surface area contributed by atoms with Crippen LogP contribution in [0.3, 0.4) is 0 Å². The van der Waals surface area contributed by atoms with Gasteiger partial charge in [0.1, 0.15) is 0 Å². The summed E-state index contributed by atoms with van der Waals surface area (Å²) in [5, 5.41) is 3.59. The molecule has 26 heavy (non-hydrogen) atoms. The number of benzene rings is 2. The minimum atomic E-state index is -0.331. The van der Waals surface area contributed by atoms with Crippen LogP contribution in [0.4, 0.5) is 5.69 Å². The van der Waals surface area contributed by atoms with Gasteiger partial charge in [-0.15, -0.1) is 0 Å². The van der Waals surface area contributed by atoms with Gasteiger partial charge in [-0.2, -0.15) is 0 Å². The molecule has 1 aliphatic rings. The SMILES string of the molecule is CN1CCN(C(=O)c2cccc(C(=O)Nc3ccc(Cl)cc3Cl)c2)CC1. The van der Waals surface area contributed by atoms with Gasteiger partial charge in [-0.1, -0.05) is 29.3 Å². The molecule has 1 N–H and O–H groups in total. The van der Waals surface area contributed by atoms with Crippen LogP contribution in [0.2, 0.25) is 10.0 Å². The van der Waals surface area contributed by atoms with Crippen molar-refractivity contribution in [2.45, 2.75) is 0 Å². The smallest absolute Gasteiger partial charge is 0.255 e. The minimum absolute atomic E-state index is 0.0581. The van der Waals surface area contributed by atoms with Crippen molar-refractivity contribution in [2.75, 3.05) is 38.5 Å². The van der Waals surface area contributed by atoms with E-state index in [1.807, 2.05) is 11.9 Å². The molecular weight excluding hydrogens is 373 g/mol. The van der Waals surface area contributed by atoms with E-state index in [0.717, 1.165) is 13.1 Å². The summed E-state index contributed by atoms with van der Waals surface area (Å²) in [6, 6.07) is 11.6. The van der Waals surface area contributed by atoms with Gasteiger partial charge in [0.05, 0.1) is 10.7 Å². The number of carbonyl (C=O) groups excluding carboxylic acids is 2. The largest absolute Gasteiger partial charge is 0.336 e. The lowest BCUT2D eigenvalue weighted by Gasteiger charge is -2.32. The van der Waals surface area contributed by atoms with E-state index < -0.39 is 0 Å². The number of halogens is 2. The zero-order valence-electron chi connectivity index (χ0n) is 14.3. The molecule has 3 rings (SSSR count). The third kappa shape index (κ3) is 4.36. The monoisotopic (exact) mass is 391 g/mol. The molecule has 0 spiro atoms. The number of hydrogen-bond acceptors (Lipinski definition) is 3. The molecule has 2 aromatic rings. The van der Waals surface area contributed by atoms with Gasteiger partial charge in [0.15, 0.2) is 0 Å². The Morgan fingerprint density at radius 3 is 2.35 bits per heavy atom. The average molecular weight is 392 g/mol. The van der Waals surface area contributed by atoms with Crippen molar-refractivity contribution >= 4 is 40.7 Å². The molecule has 0 aromatic heterocycles. The van der Waals surface area contributed by atoms with Crippen molar-refractivity contribution in [3.05, 3.63) is 63.6 Å². The standard InChI is InChI=1S/C19H19Cl2N3O2/c1-23-7-9-24(10-8-23)19(26)14-4-2-3-13(11-14)18(25)22-17-6-5-15(20)12-16(17)21/h2-6,11-12H,7-10H2,1H3,(H,22,25). The molecule has 1 saturated heterocycles. The van der Waals surface area contributed by atoms with Crippen LogP contribution in [0.1, 0.15) is 20.7 Å². The highest BCUT2D eigenvalue weighted by molar-refractivity contribution is 6.36. The van der Waals surface area contributed by atoms with Crippen LogP contribution in [-0.4, -0.2) is 54.8 Å². The first-order valence-electron chi connectivity index (χ1n) is 8.28. The number of nitrogens with zero attached hydrogens (tertiary/aromatic N) is 2. The first kappa shape index (κ1) is 18.7. The summed E-state index contributed by atoms with van der Waals surface area (Å²) in [5.74, 6) is -0.389. The molecule has 2 amide bonds. The molecule has 5 nitrogen and oxygen atoms in total. The van der Waals surface area contributed by atoms with Gasteiger partial charge in [-0.25, -0.2) is 0 Å². The maximum Gasteiger partial charge on any atom is 0.255 e. The summed E-state index contributed by atoms with van der Waals surface area (Å²) in [7, 11) is 2.04. The number of piperazine rings is 1. The lowest BCUT2D eigenvalue weighted by atomic mass is 10.1. The third-order valence-electron chi connectivity index (χ3n) is 4.34. The number of carbonyl (C=O) groups is 2. The molecule has 7 heteroatoms. The van der Waals surface area contributed by atoms with Crippen molar-refractivity contribution in [1.82, 2.24) is 9.80 Å². The molecule has 0 aliphatic carbocycles. The van der Waals surface area contributed by atoms with Crippen LogP contribution in [0.15, 0.2) is 42.5 Å². The zero-order chi connectivity index (χ0) is 18.7. The highest BCUT2D eigenvalue weighted by Crippen LogP contribution is 2.26. The van der Waals surface area contributed by atoms with E-state index in [0.29, 0.717) is 39.9 Å². The zero-order valence-corrected chi connectivity index (χ0v) is 15.8. The van der Waals surface area contributed by atoms with Gasteiger partial charge in [-0.3, -0.25) is 9.59 Å². The van der Waals surface area contributed by atoms with Crippen molar-refractivity contribution in [2.24, 2.45) is 0 Å². The summed E-state index contributed by atoms with van der Waals surface area (Å²) in [6.45, 7) is 3.07. The number of hydrogen-bond donors (Lipinski definition) is 1. The van der Waals surface area contributed by atoms with Crippen molar-refractivity contribution < 1.29 is 9.59 Å². The molecule has 2 aromatic carbocycles. The molecule has 0 saturated carbocycles. The van der Waals surface area contributed by atoms with E-state index in [2.05, 4.69) is 10.2 Å². The van der Waals surface area contributed by atoms with E-state index in [-0.39, 0.29) is 11.8 Å². The lowest BCUT2D eigenvalue weighted by Crippen LogP contribution is -2.47. The van der Waals surface area contributed by atoms with E-state index in [1.54, 1.807) is 42.5 Å². The summed E-state index contributed by atoms with van der Waals surface area (Å²) >= 11 is 12.0. The summed E-state index contributed by atoms with van der Waals surface area (Å²) in [4.78, 5) is 29.2. The maximum absolute atomic E-state index is 12.7. The quantitative estimate of drug-likeness (QED) is 0.868. The fraction of sp³-hybridized carbons (Fsp3) is 0.263. The highest BCUT2D eigenvalue weighted by atomic mass is 35.5. The van der Waals surface area contributed by atoms with Crippen LogP contribution in [-0.2, 0) is 0 Å². The second-order valence-electron chi connectivity index (χ2n) is 6.25. The number of rotatable bonds is 3.